The zero-order valence-corrected chi connectivity index (χ0v) is 15.3. The Morgan fingerprint density at radius 1 is 0.875 bits per heavy atom. The average Bonchev–Trinajstić information content (AvgIpc) is 2.61. The molecular weight excluding hydrogens is 320 g/mol. The lowest BCUT2D eigenvalue weighted by atomic mass is 9.92. The summed E-state index contributed by atoms with van der Waals surface area (Å²) in [5.41, 5.74) is 8.45. The van der Waals surface area contributed by atoms with Gasteiger partial charge in [-0.3, -0.25) is 4.79 Å². The minimum Gasteiger partial charge on any atom is -0.353 e. The molecule has 24 heavy (non-hydrogen) atoms. The van der Waals surface area contributed by atoms with E-state index in [4.69, 9.17) is 5.73 Å². The highest BCUT2D eigenvalue weighted by atomic mass is 35.5. The van der Waals surface area contributed by atoms with Crippen LogP contribution in [0, 0.1) is 5.92 Å². The van der Waals surface area contributed by atoms with Crippen LogP contribution < -0.4 is 11.1 Å². The molecule has 0 aromatic heterocycles. The lowest BCUT2D eigenvalue weighted by molar-refractivity contribution is -0.125. The standard InChI is InChI=1S/C20H26N2O.ClH/c1-14(17-10-6-4-7-11-17)16(3)22-20(23)15(2)19(21)18-12-8-5-9-13-18;/h4-16,19H,21H2,1-3H3,(H,22,23);1H. The Kier molecular flexibility index (Phi) is 7.96. The molecule has 1 amide bonds. The van der Waals surface area contributed by atoms with Gasteiger partial charge in [-0.2, -0.15) is 0 Å². The largest absolute Gasteiger partial charge is 0.353 e. The van der Waals surface area contributed by atoms with Crippen molar-refractivity contribution < 1.29 is 4.79 Å². The summed E-state index contributed by atoms with van der Waals surface area (Å²) in [6.07, 6.45) is 0. The van der Waals surface area contributed by atoms with E-state index in [1.165, 1.54) is 5.56 Å². The molecule has 0 saturated heterocycles. The summed E-state index contributed by atoms with van der Waals surface area (Å²) in [4.78, 5) is 12.5. The molecule has 130 valence electrons. The molecule has 2 aromatic rings. The Hall–Kier alpha value is -1.84. The number of carbonyl (C=O) groups is 1. The molecule has 0 radical (unpaired) electrons. The number of rotatable bonds is 6. The number of amides is 1. The normalized spacial score (nSPS) is 15.5. The summed E-state index contributed by atoms with van der Waals surface area (Å²) < 4.78 is 0. The van der Waals surface area contributed by atoms with Gasteiger partial charge in [0.05, 0.1) is 5.92 Å². The lowest BCUT2D eigenvalue weighted by Gasteiger charge is -2.26. The van der Waals surface area contributed by atoms with E-state index >= 15 is 0 Å². The highest BCUT2D eigenvalue weighted by Gasteiger charge is 2.25. The van der Waals surface area contributed by atoms with Crippen molar-refractivity contribution >= 4 is 18.3 Å². The highest BCUT2D eigenvalue weighted by molar-refractivity contribution is 5.85. The van der Waals surface area contributed by atoms with Gasteiger partial charge >= 0.3 is 0 Å². The van der Waals surface area contributed by atoms with Gasteiger partial charge < -0.3 is 11.1 Å². The molecule has 2 rings (SSSR count). The van der Waals surface area contributed by atoms with Crippen LogP contribution in [-0.4, -0.2) is 11.9 Å². The summed E-state index contributed by atoms with van der Waals surface area (Å²) >= 11 is 0. The quantitative estimate of drug-likeness (QED) is 0.828. The number of nitrogens with two attached hydrogens (primary N) is 1. The zero-order chi connectivity index (χ0) is 16.8. The minimum absolute atomic E-state index is 0. The van der Waals surface area contributed by atoms with Crippen LogP contribution in [0.3, 0.4) is 0 Å². The fourth-order valence-electron chi connectivity index (χ4n) is 2.65. The van der Waals surface area contributed by atoms with E-state index in [9.17, 15) is 4.79 Å². The van der Waals surface area contributed by atoms with E-state index in [0.29, 0.717) is 0 Å². The maximum absolute atomic E-state index is 12.5. The van der Waals surface area contributed by atoms with Crippen molar-refractivity contribution in [3.8, 4) is 0 Å². The van der Waals surface area contributed by atoms with Gasteiger partial charge in [0.15, 0.2) is 0 Å². The second-order valence-corrected chi connectivity index (χ2v) is 6.22. The van der Waals surface area contributed by atoms with Crippen molar-refractivity contribution in [3.63, 3.8) is 0 Å². The molecule has 0 aliphatic rings. The van der Waals surface area contributed by atoms with Crippen LogP contribution in [0.2, 0.25) is 0 Å². The Labute approximate surface area is 151 Å². The number of benzene rings is 2. The van der Waals surface area contributed by atoms with Gasteiger partial charge in [-0.25, -0.2) is 0 Å². The SMILES string of the molecule is CC(NC(=O)C(C)C(N)c1ccccc1)C(C)c1ccccc1.Cl. The first-order valence-electron chi connectivity index (χ1n) is 8.16. The number of halogens is 1. The summed E-state index contributed by atoms with van der Waals surface area (Å²) in [6, 6.07) is 19.7. The van der Waals surface area contributed by atoms with Crippen LogP contribution in [0.5, 0.6) is 0 Å². The maximum Gasteiger partial charge on any atom is 0.224 e. The summed E-state index contributed by atoms with van der Waals surface area (Å²) in [5, 5.41) is 3.11. The molecule has 2 aromatic carbocycles. The fourth-order valence-corrected chi connectivity index (χ4v) is 2.65. The van der Waals surface area contributed by atoms with Gasteiger partial charge in [-0.1, -0.05) is 74.5 Å². The Balaban J connectivity index is 0.00000288. The number of nitrogens with one attached hydrogen (secondary N) is 1. The van der Waals surface area contributed by atoms with E-state index in [2.05, 4.69) is 24.4 Å². The van der Waals surface area contributed by atoms with Gasteiger partial charge in [0.1, 0.15) is 0 Å². The lowest BCUT2D eigenvalue weighted by Crippen LogP contribution is -2.42. The van der Waals surface area contributed by atoms with Crippen LogP contribution in [0.1, 0.15) is 43.9 Å². The topological polar surface area (TPSA) is 55.1 Å². The van der Waals surface area contributed by atoms with Crippen LogP contribution >= 0.6 is 12.4 Å². The number of hydrogen-bond acceptors (Lipinski definition) is 2. The molecule has 0 aliphatic carbocycles. The number of hydrogen-bond donors (Lipinski definition) is 2. The maximum atomic E-state index is 12.5. The molecular formula is C20H27ClN2O. The van der Waals surface area contributed by atoms with E-state index in [0.717, 1.165) is 5.56 Å². The van der Waals surface area contributed by atoms with Crippen LogP contribution in [-0.2, 0) is 4.79 Å². The minimum atomic E-state index is -0.296. The van der Waals surface area contributed by atoms with Crippen LogP contribution in [0.4, 0.5) is 0 Å². The summed E-state index contributed by atoms with van der Waals surface area (Å²) in [5.74, 6) is -0.0280. The van der Waals surface area contributed by atoms with Crippen molar-refractivity contribution in [1.29, 1.82) is 0 Å². The van der Waals surface area contributed by atoms with Gasteiger partial charge in [0.2, 0.25) is 5.91 Å². The van der Waals surface area contributed by atoms with Crippen molar-refractivity contribution in [2.24, 2.45) is 11.7 Å². The second-order valence-electron chi connectivity index (χ2n) is 6.22. The molecule has 4 unspecified atom stereocenters. The van der Waals surface area contributed by atoms with Crippen molar-refractivity contribution in [3.05, 3.63) is 71.8 Å². The predicted molar refractivity (Wildman–Crippen MR) is 102 cm³/mol. The monoisotopic (exact) mass is 346 g/mol. The molecule has 0 spiro atoms. The summed E-state index contributed by atoms with van der Waals surface area (Å²) in [6.45, 7) is 6.05. The first-order chi connectivity index (χ1) is 11.0. The third-order valence-corrected chi connectivity index (χ3v) is 4.58. The first kappa shape index (κ1) is 20.2. The molecule has 3 nitrogen and oxygen atoms in total. The fraction of sp³-hybridized carbons (Fsp3) is 0.350. The van der Waals surface area contributed by atoms with E-state index < -0.39 is 0 Å². The van der Waals surface area contributed by atoms with Gasteiger partial charge in [-0.15, -0.1) is 12.4 Å². The van der Waals surface area contributed by atoms with E-state index in [-0.39, 0.29) is 42.2 Å². The van der Waals surface area contributed by atoms with E-state index in [1.54, 1.807) is 0 Å². The zero-order valence-electron chi connectivity index (χ0n) is 14.5. The predicted octanol–water partition coefficient (Wildman–Crippen LogP) is 4.05. The molecule has 4 heteroatoms. The van der Waals surface area contributed by atoms with Crippen LogP contribution in [0.25, 0.3) is 0 Å². The van der Waals surface area contributed by atoms with E-state index in [1.807, 2.05) is 62.4 Å². The smallest absolute Gasteiger partial charge is 0.224 e. The molecule has 3 N–H and O–H groups in total. The molecule has 0 fully saturated rings. The highest BCUT2D eigenvalue weighted by Crippen LogP contribution is 2.22. The molecule has 4 atom stereocenters. The van der Waals surface area contributed by atoms with Crippen LogP contribution in [0.15, 0.2) is 60.7 Å². The molecule has 0 aliphatic heterocycles. The van der Waals surface area contributed by atoms with Gasteiger partial charge in [0, 0.05) is 18.0 Å². The third-order valence-electron chi connectivity index (χ3n) is 4.58. The average molecular weight is 347 g/mol. The Bertz CT molecular complexity index is 618. The van der Waals surface area contributed by atoms with Crippen molar-refractivity contribution in [2.45, 2.75) is 38.8 Å². The van der Waals surface area contributed by atoms with Crippen molar-refractivity contribution in [1.82, 2.24) is 5.32 Å². The van der Waals surface area contributed by atoms with Crippen molar-refractivity contribution in [2.75, 3.05) is 0 Å². The first-order valence-corrected chi connectivity index (χ1v) is 8.16. The molecule has 0 heterocycles. The Morgan fingerprint density at radius 3 is 1.83 bits per heavy atom. The Morgan fingerprint density at radius 2 is 1.33 bits per heavy atom. The molecule has 0 bridgehead atoms. The number of carbonyl (C=O) groups excluding carboxylic acids is 1. The molecule has 0 saturated carbocycles. The summed E-state index contributed by atoms with van der Waals surface area (Å²) in [7, 11) is 0. The second kappa shape index (κ2) is 9.45. The van der Waals surface area contributed by atoms with Gasteiger partial charge in [-0.05, 0) is 18.1 Å². The van der Waals surface area contributed by atoms with Gasteiger partial charge in [0.25, 0.3) is 0 Å². The third kappa shape index (κ3) is 5.08.